The van der Waals surface area contributed by atoms with Crippen molar-refractivity contribution in [3.8, 4) is 0 Å². The molecule has 0 aliphatic rings. The van der Waals surface area contributed by atoms with E-state index in [4.69, 9.17) is 0 Å². The van der Waals surface area contributed by atoms with Gasteiger partial charge in [0.05, 0.1) is 10.6 Å². The lowest BCUT2D eigenvalue weighted by molar-refractivity contribution is -0.138. The van der Waals surface area contributed by atoms with Crippen LogP contribution in [0.1, 0.15) is 37.0 Å². The van der Waals surface area contributed by atoms with Crippen LogP contribution in [0, 0.1) is 13.8 Å². The van der Waals surface area contributed by atoms with Gasteiger partial charge in [-0.2, -0.15) is 0 Å². The van der Waals surface area contributed by atoms with Gasteiger partial charge in [0.25, 0.3) is 10.0 Å². The average Bonchev–Trinajstić information content (AvgIpc) is 2.91. The summed E-state index contributed by atoms with van der Waals surface area (Å²) in [6.07, 6.45) is 1.30. The molecule has 7 nitrogen and oxygen atoms in total. The summed E-state index contributed by atoms with van der Waals surface area (Å²) in [6.45, 7) is 7.74. The molecule has 0 unspecified atom stereocenters. The number of carbonyl (C=O) groups excluding carboxylic acids is 2. The molecule has 3 rings (SSSR count). The second-order valence-corrected chi connectivity index (χ2v) is 11.3. The van der Waals surface area contributed by atoms with E-state index in [2.05, 4.69) is 5.32 Å². The lowest BCUT2D eigenvalue weighted by Crippen LogP contribution is -2.52. The van der Waals surface area contributed by atoms with Crippen LogP contribution in [-0.2, 0) is 26.0 Å². The second kappa shape index (κ2) is 13.2. The maximum absolute atomic E-state index is 13.9. The van der Waals surface area contributed by atoms with E-state index in [9.17, 15) is 18.0 Å². The Balaban J connectivity index is 1.98. The molecule has 2 amide bonds. The first-order valence-corrected chi connectivity index (χ1v) is 14.3. The van der Waals surface area contributed by atoms with Crippen molar-refractivity contribution in [1.29, 1.82) is 0 Å². The Labute approximate surface area is 226 Å². The second-order valence-electron chi connectivity index (χ2n) is 9.40. The number of nitrogens with one attached hydrogen (secondary N) is 1. The standard InChI is InChI=1S/C30H37N3O4S/c1-5-19-31-30(35)25(4)32(20-18-26-12-8-6-9-13-26)29(34)22-33(28-17-16-23(2)21-24(28)3)38(36,37)27-14-10-7-11-15-27/h6-17,21,25H,5,18-20,22H2,1-4H3,(H,31,35)/t25-/m1/s1. The third-order valence-corrected chi connectivity index (χ3v) is 8.21. The number of nitrogens with zero attached hydrogens (tertiary/aromatic N) is 2. The third-order valence-electron chi connectivity index (χ3n) is 6.43. The van der Waals surface area contributed by atoms with Gasteiger partial charge in [0.15, 0.2) is 0 Å². The van der Waals surface area contributed by atoms with E-state index in [0.717, 1.165) is 27.4 Å². The summed E-state index contributed by atoms with van der Waals surface area (Å²) in [7, 11) is -4.06. The molecule has 0 saturated heterocycles. The molecule has 38 heavy (non-hydrogen) atoms. The number of amides is 2. The normalized spacial score (nSPS) is 12.0. The lowest BCUT2D eigenvalue weighted by Gasteiger charge is -2.32. The molecule has 0 aliphatic carbocycles. The number of carbonyl (C=O) groups is 2. The molecule has 3 aromatic carbocycles. The highest BCUT2D eigenvalue weighted by atomic mass is 32.2. The highest BCUT2D eigenvalue weighted by molar-refractivity contribution is 7.92. The van der Waals surface area contributed by atoms with Crippen LogP contribution >= 0.6 is 0 Å². The molecular weight excluding hydrogens is 498 g/mol. The van der Waals surface area contributed by atoms with E-state index in [1.807, 2.05) is 63.2 Å². The molecule has 0 spiro atoms. The first-order valence-electron chi connectivity index (χ1n) is 12.9. The van der Waals surface area contributed by atoms with E-state index in [-0.39, 0.29) is 17.3 Å². The molecule has 8 heteroatoms. The topological polar surface area (TPSA) is 86.8 Å². The van der Waals surface area contributed by atoms with Crippen molar-refractivity contribution < 1.29 is 18.0 Å². The predicted molar refractivity (Wildman–Crippen MR) is 152 cm³/mol. The SMILES string of the molecule is CCCNC(=O)[C@@H](C)N(CCc1ccccc1)C(=O)CN(c1ccc(C)cc1C)S(=O)(=O)c1ccccc1. The van der Waals surface area contributed by atoms with Crippen molar-refractivity contribution in [2.45, 2.75) is 51.5 Å². The molecule has 0 heterocycles. The minimum absolute atomic E-state index is 0.0948. The molecule has 0 radical (unpaired) electrons. The molecule has 0 bridgehead atoms. The summed E-state index contributed by atoms with van der Waals surface area (Å²) in [6, 6.07) is 22.5. The van der Waals surface area contributed by atoms with Gasteiger partial charge in [-0.05, 0) is 62.9 Å². The number of benzene rings is 3. The lowest BCUT2D eigenvalue weighted by atomic mass is 10.1. The van der Waals surface area contributed by atoms with Gasteiger partial charge in [-0.1, -0.05) is 73.2 Å². The number of sulfonamides is 1. The zero-order chi connectivity index (χ0) is 27.7. The van der Waals surface area contributed by atoms with Gasteiger partial charge in [0, 0.05) is 13.1 Å². The van der Waals surface area contributed by atoms with Crippen molar-refractivity contribution >= 4 is 27.5 Å². The molecule has 0 fully saturated rings. The van der Waals surface area contributed by atoms with E-state index in [1.165, 1.54) is 17.0 Å². The summed E-state index contributed by atoms with van der Waals surface area (Å²) in [5.41, 5.74) is 3.18. The minimum atomic E-state index is -4.06. The van der Waals surface area contributed by atoms with Crippen LogP contribution in [0.2, 0.25) is 0 Å². The summed E-state index contributed by atoms with van der Waals surface area (Å²) < 4.78 is 28.8. The maximum Gasteiger partial charge on any atom is 0.264 e. The molecule has 1 atom stereocenters. The Morgan fingerprint density at radius 3 is 2.16 bits per heavy atom. The number of aryl methyl sites for hydroxylation is 2. The van der Waals surface area contributed by atoms with Crippen molar-refractivity contribution in [1.82, 2.24) is 10.2 Å². The fourth-order valence-corrected chi connectivity index (χ4v) is 5.78. The predicted octanol–water partition coefficient (Wildman–Crippen LogP) is 4.48. The molecule has 0 aliphatic heterocycles. The summed E-state index contributed by atoms with van der Waals surface area (Å²) in [5.74, 6) is -0.711. The Morgan fingerprint density at radius 1 is 0.921 bits per heavy atom. The van der Waals surface area contributed by atoms with Crippen LogP contribution in [0.3, 0.4) is 0 Å². The fourth-order valence-electron chi connectivity index (χ4n) is 4.28. The highest BCUT2D eigenvalue weighted by Crippen LogP contribution is 2.28. The third kappa shape index (κ3) is 7.22. The van der Waals surface area contributed by atoms with E-state index < -0.39 is 28.5 Å². The van der Waals surface area contributed by atoms with Gasteiger partial charge in [0.2, 0.25) is 11.8 Å². The number of hydrogen-bond acceptors (Lipinski definition) is 4. The quantitative estimate of drug-likeness (QED) is 0.370. The van der Waals surface area contributed by atoms with Gasteiger partial charge in [-0.3, -0.25) is 13.9 Å². The van der Waals surface area contributed by atoms with Gasteiger partial charge in [0.1, 0.15) is 12.6 Å². The molecule has 202 valence electrons. The van der Waals surface area contributed by atoms with Gasteiger partial charge in [-0.25, -0.2) is 8.42 Å². The minimum Gasteiger partial charge on any atom is -0.354 e. The largest absolute Gasteiger partial charge is 0.354 e. The van der Waals surface area contributed by atoms with Gasteiger partial charge in [-0.15, -0.1) is 0 Å². The molecule has 0 saturated carbocycles. The first-order chi connectivity index (χ1) is 18.1. The van der Waals surface area contributed by atoms with E-state index >= 15 is 0 Å². The monoisotopic (exact) mass is 535 g/mol. The Hall–Kier alpha value is -3.65. The van der Waals surface area contributed by atoms with Crippen molar-refractivity contribution in [3.05, 3.63) is 95.6 Å². The van der Waals surface area contributed by atoms with Gasteiger partial charge >= 0.3 is 0 Å². The average molecular weight is 536 g/mol. The van der Waals surface area contributed by atoms with E-state index in [1.54, 1.807) is 31.2 Å². The van der Waals surface area contributed by atoms with Gasteiger partial charge < -0.3 is 10.2 Å². The molecular formula is C30H37N3O4S. The zero-order valence-corrected chi connectivity index (χ0v) is 23.4. The van der Waals surface area contributed by atoms with Crippen LogP contribution in [0.15, 0.2) is 83.8 Å². The molecule has 1 N–H and O–H groups in total. The van der Waals surface area contributed by atoms with Crippen LogP contribution < -0.4 is 9.62 Å². The van der Waals surface area contributed by atoms with Crippen molar-refractivity contribution in [2.24, 2.45) is 0 Å². The summed E-state index contributed by atoms with van der Waals surface area (Å²) >= 11 is 0. The van der Waals surface area contributed by atoms with Crippen LogP contribution in [-0.4, -0.2) is 50.8 Å². The summed E-state index contributed by atoms with van der Waals surface area (Å²) in [4.78, 5) is 28.3. The van der Waals surface area contributed by atoms with Crippen molar-refractivity contribution in [2.75, 3.05) is 23.9 Å². The molecule has 0 aromatic heterocycles. The zero-order valence-electron chi connectivity index (χ0n) is 22.6. The van der Waals surface area contributed by atoms with Crippen LogP contribution in [0.5, 0.6) is 0 Å². The Morgan fingerprint density at radius 2 is 1.55 bits per heavy atom. The smallest absolute Gasteiger partial charge is 0.264 e. The maximum atomic E-state index is 13.9. The molecule has 3 aromatic rings. The summed E-state index contributed by atoms with van der Waals surface area (Å²) in [5, 5.41) is 2.86. The van der Waals surface area contributed by atoms with Crippen LogP contribution in [0.25, 0.3) is 0 Å². The number of anilines is 1. The van der Waals surface area contributed by atoms with E-state index in [0.29, 0.717) is 18.7 Å². The van der Waals surface area contributed by atoms with Crippen molar-refractivity contribution in [3.63, 3.8) is 0 Å². The fraction of sp³-hybridized carbons (Fsp3) is 0.333. The highest BCUT2D eigenvalue weighted by Gasteiger charge is 2.32. The Kier molecular flexibility index (Phi) is 10.1. The first kappa shape index (κ1) is 28.9. The number of hydrogen-bond donors (Lipinski definition) is 1. The van der Waals surface area contributed by atoms with Crippen LogP contribution in [0.4, 0.5) is 5.69 Å². The number of rotatable bonds is 12. The Bertz CT molecular complexity index is 1330.